The molecule has 0 spiro atoms. The monoisotopic (exact) mass is 569 g/mol. The van der Waals surface area contributed by atoms with Crippen LogP contribution >= 0.6 is 0 Å². The van der Waals surface area contributed by atoms with Gasteiger partial charge >= 0.3 is 18.2 Å². The van der Waals surface area contributed by atoms with Crippen molar-refractivity contribution in [3.63, 3.8) is 0 Å². The third-order valence-corrected chi connectivity index (χ3v) is 7.25. The van der Waals surface area contributed by atoms with Gasteiger partial charge in [-0.3, -0.25) is 0 Å². The molecular weight excluding hydrogens is 534 g/mol. The lowest BCUT2D eigenvalue weighted by Crippen LogP contribution is -2.42. The van der Waals surface area contributed by atoms with Crippen molar-refractivity contribution < 1.29 is 29.0 Å². The van der Waals surface area contributed by atoms with Gasteiger partial charge in [-0.05, 0) is 54.7 Å². The number of hydrogen-bond donors (Lipinski definition) is 3. The van der Waals surface area contributed by atoms with Gasteiger partial charge in [-0.1, -0.05) is 66.7 Å². The van der Waals surface area contributed by atoms with Gasteiger partial charge < -0.3 is 29.8 Å². The zero-order chi connectivity index (χ0) is 29.9. The first kappa shape index (κ1) is 28.7. The van der Waals surface area contributed by atoms with Gasteiger partial charge in [0.05, 0.1) is 0 Å². The van der Waals surface area contributed by atoms with E-state index in [9.17, 15) is 19.5 Å². The quantitative estimate of drug-likeness (QED) is 0.238. The topological polar surface area (TPSA) is 119 Å². The highest BCUT2D eigenvalue weighted by atomic mass is 16.6. The summed E-state index contributed by atoms with van der Waals surface area (Å²) < 4.78 is 12.8. The number of aliphatic carboxylic acids is 1. The Hall–Kier alpha value is -4.79. The van der Waals surface area contributed by atoms with Gasteiger partial charge in [-0.25, -0.2) is 14.4 Å². The van der Waals surface area contributed by atoms with Gasteiger partial charge in [-0.2, -0.15) is 0 Å². The lowest BCUT2D eigenvalue weighted by molar-refractivity contribution is -0.139. The maximum absolute atomic E-state index is 12.8. The summed E-state index contributed by atoms with van der Waals surface area (Å²) in [5.74, 6) is -1.29. The lowest BCUT2D eigenvalue weighted by atomic mass is 9.98. The highest BCUT2D eigenvalue weighted by molar-refractivity contribution is 5.86. The average Bonchev–Trinajstić information content (AvgIpc) is 3.46. The van der Waals surface area contributed by atoms with Crippen molar-refractivity contribution in [2.45, 2.75) is 51.3 Å². The Morgan fingerprint density at radius 3 is 2.17 bits per heavy atom. The molecule has 1 heterocycles. The number of nitrogens with one attached hydrogen (secondary N) is 2. The highest BCUT2D eigenvalue weighted by Crippen LogP contribution is 2.44. The Morgan fingerprint density at radius 1 is 0.905 bits per heavy atom. The molecule has 42 heavy (non-hydrogen) atoms. The van der Waals surface area contributed by atoms with Crippen LogP contribution in [0, 0.1) is 0 Å². The van der Waals surface area contributed by atoms with E-state index in [2.05, 4.69) is 22.8 Å². The summed E-state index contributed by atoms with van der Waals surface area (Å²) in [6.07, 6.45) is 0.635. The maximum Gasteiger partial charge on any atom is 0.407 e. The van der Waals surface area contributed by atoms with Crippen molar-refractivity contribution in [2.24, 2.45) is 0 Å². The Bertz CT molecular complexity index is 1570. The average molecular weight is 570 g/mol. The molecule has 0 bridgehead atoms. The molecule has 3 aromatic carbocycles. The van der Waals surface area contributed by atoms with Crippen LogP contribution in [0.15, 0.2) is 79.0 Å². The molecule has 9 heteroatoms. The fraction of sp³-hybridized carbons (Fsp3) is 0.303. The van der Waals surface area contributed by atoms with E-state index in [0.717, 1.165) is 38.7 Å². The summed E-state index contributed by atoms with van der Waals surface area (Å²) in [6, 6.07) is 22.5. The first-order valence-electron chi connectivity index (χ1n) is 14.0. The van der Waals surface area contributed by atoms with Crippen molar-refractivity contribution in [3.05, 3.63) is 95.7 Å². The van der Waals surface area contributed by atoms with Crippen molar-refractivity contribution >= 4 is 29.1 Å². The van der Waals surface area contributed by atoms with E-state index in [4.69, 9.17) is 9.47 Å². The predicted molar refractivity (Wildman–Crippen MR) is 160 cm³/mol. The molecule has 218 valence electrons. The van der Waals surface area contributed by atoms with Crippen molar-refractivity contribution in [3.8, 4) is 11.1 Å². The first-order chi connectivity index (χ1) is 20.1. The number of para-hydroxylation sites is 1. The van der Waals surface area contributed by atoms with Crippen LogP contribution in [0.1, 0.15) is 43.4 Å². The third-order valence-electron chi connectivity index (χ3n) is 7.25. The van der Waals surface area contributed by atoms with E-state index in [-0.39, 0.29) is 18.9 Å². The number of aromatic nitrogens is 1. The van der Waals surface area contributed by atoms with Gasteiger partial charge in [0.25, 0.3) is 0 Å². The molecule has 9 nitrogen and oxygen atoms in total. The molecule has 0 fully saturated rings. The van der Waals surface area contributed by atoms with Gasteiger partial charge in [0.2, 0.25) is 0 Å². The lowest BCUT2D eigenvalue weighted by Gasteiger charge is -2.19. The Labute approximate surface area is 244 Å². The van der Waals surface area contributed by atoms with Gasteiger partial charge in [0.15, 0.2) is 0 Å². The van der Waals surface area contributed by atoms with Gasteiger partial charge in [-0.15, -0.1) is 0 Å². The number of amides is 2. The van der Waals surface area contributed by atoms with Gasteiger partial charge in [0, 0.05) is 42.5 Å². The minimum Gasteiger partial charge on any atom is -0.480 e. The summed E-state index contributed by atoms with van der Waals surface area (Å²) in [6.45, 7) is 6.27. The van der Waals surface area contributed by atoms with Crippen molar-refractivity contribution in [1.82, 2.24) is 15.2 Å². The molecule has 3 N–H and O–H groups in total. The minimum absolute atomic E-state index is 0.0620. The van der Waals surface area contributed by atoms with Crippen LogP contribution in [-0.2, 0) is 27.2 Å². The number of alkyl carbamates (subject to hydrolysis) is 2. The second-order valence-electron chi connectivity index (χ2n) is 11.4. The predicted octanol–water partition coefficient (Wildman–Crippen LogP) is 5.70. The molecule has 1 aliphatic rings. The van der Waals surface area contributed by atoms with Crippen LogP contribution in [0.5, 0.6) is 0 Å². The van der Waals surface area contributed by atoms with Crippen molar-refractivity contribution in [2.75, 3.05) is 13.2 Å². The number of carboxylic acids is 1. The summed E-state index contributed by atoms with van der Waals surface area (Å²) in [5.41, 5.74) is 5.44. The van der Waals surface area contributed by atoms with Crippen LogP contribution < -0.4 is 10.6 Å². The van der Waals surface area contributed by atoms with Gasteiger partial charge in [0.1, 0.15) is 18.2 Å². The third kappa shape index (κ3) is 6.40. The minimum atomic E-state index is -1.19. The normalized spacial score (nSPS) is 13.2. The fourth-order valence-corrected chi connectivity index (χ4v) is 5.47. The molecule has 1 aliphatic carbocycles. The summed E-state index contributed by atoms with van der Waals surface area (Å²) in [7, 11) is 0. The van der Waals surface area contributed by atoms with Crippen LogP contribution in [0.25, 0.3) is 22.0 Å². The standard InChI is InChI=1S/C33H35N3O6/c1-33(2,3)42-31(39)34-16-17-36-19-21(22-10-8-9-15-29(22)36)18-28(30(37)38)35-32(40)41-20-27-25-13-6-4-11-23(25)24-12-5-7-14-26(24)27/h4-15,19,27-28H,16-18,20H2,1-3H3,(H,34,39)(H,35,40)(H,37,38)/t28-/m0/s1. The molecule has 0 unspecified atom stereocenters. The van der Waals surface area contributed by atoms with E-state index >= 15 is 0 Å². The largest absolute Gasteiger partial charge is 0.480 e. The van der Waals surface area contributed by atoms with Crippen LogP contribution in [0.3, 0.4) is 0 Å². The summed E-state index contributed by atoms with van der Waals surface area (Å²) >= 11 is 0. The molecule has 4 aromatic rings. The van der Waals surface area contributed by atoms with E-state index in [1.54, 1.807) is 20.8 Å². The molecule has 1 atom stereocenters. The number of carbonyl (C=O) groups is 3. The number of rotatable bonds is 9. The zero-order valence-corrected chi connectivity index (χ0v) is 23.9. The number of benzene rings is 3. The first-order valence-corrected chi connectivity index (χ1v) is 14.0. The number of carboxylic acid groups (broad SMARTS) is 1. The number of carbonyl (C=O) groups excluding carboxylic acids is 2. The summed E-state index contributed by atoms with van der Waals surface area (Å²) in [5, 5.41) is 16.1. The van der Waals surface area contributed by atoms with Crippen LogP contribution in [-0.4, -0.2) is 52.6 Å². The highest BCUT2D eigenvalue weighted by Gasteiger charge is 2.30. The van der Waals surface area contributed by atoms with Crippen LogP contribution in [0.4, 0.5) is 9.59 Å². The van der Waals surface area contributed by atoms with E-state index in [0.29, 0.717) is 13.1 Å². The number of nitrogens with zero attached hydrogens (tertiary/aromatic N) is 1. The molecular formula is C33H35N3O6. The van der Waals surface area contributed by atoms with E-state index in [1.807, 2.05) is 71.4 Å². The Balaban J connectivity index is 1.24. The summed E-state index contributed by atoms with van der Waals surface area (Å²) in [4.78, 5) is 37.1. The molecule has 0 radical (unpaired) electrons. The molecule has 0 saturated carbocycles. The molecule has 5 rings (SSSR count). The Morgan fingerprint density at radius 2 is 1.52 bits per heavy atom. The maximum atomic E-state index is 12.8. The van der Waals surface area contributed by atoms with E-state index in [1.165, 1.54) is 0 Å². The molecule has 2 amide bonds. The number of hydrogen-bond acceptors (Lipinski definition) is 5. The zero-order valence-electron chi connectivity index (χ0n) is 23.9. The van der Waals surface area contributed by atoms with Crippen molar-refractivity contribution in [1.29, 1.82) is 0 Å². The number of ether oxygens (including phenoxy) is 2. The second kappa shape index (κ2) is 12.0. The van der Waals surface area contributed by atoms with Crippen LogP contribution in [0.2, 0.25) is 0 Å². The molecule has 0 aliphatic heterocycles. The molecule has 0 saturated heterocycles. The molecule has 1 aromatic heterocycles. The second-order valence-corrected chi connectivity index (χ2v) is 11.4. The van der Waals surface area contributed by atoms with E-state index < -0.39 is 29.8 Å². The smallest absolute Gasteiger partial charge is 0.407 e. The Kier molecular flexibility index (Phi) is 8.20. The number of fused-ring (bicyclic) bond motifs is 4. The fourth-order valence-electron chi connectivity index (χ4n) is 5.47. The SMILES string of the molecule is CC(C)(C)OC(=O)NCCn1cc(C[C@H](NC(=O)OCC2c3ccccc3-c3ccccc32)C(=O)O)c2ccccc21.